The fourth-order valence-corrected chi connectivity index (χ4v) is 2.80. The predicted molar refractivity (Wildman–Crippen MR) is 91.7 cm³/mol. The lowest BCUT2D eigenvalue weighted by molar-refractivity contribution is -0.154. The van der Waals surface area contributed by atoms with Crippen LogP contribution in [-0.2, 0) is 27.0 Å². The van der Waals surface area contributed by atoms with Gasteiger partial charge in [0.05, 0.1) is 12.2 Å². The smallest absolute Gasteiger partial charge is 0.369 e. The van der Waals surface area contributed by atoms with Gasteiger partial charge < -0.3 is 15.0 Å². The molecule has 0 bridgehead atoms. The van der Waals surface area contributed by atoms with Gasteiger partial charge in [0.25, 0.3) is 0 Å². The molecule has 2 aromatic carbocycles. The van der Waals surface area contributed by atoms with E-state index in [-0.39, 0.29) is 31.4 Å². The van der Waals surface area contributed by atoms with E-state index in [1.807, 2.05) is 30.3 Å². The molecule has 1 aliphatic heterocycles. The average molecular weight is 378 g/mol. The fourth-order valence-electron chi connectivity index (χ4n) is 2.80. The summed E-state index contributed by atoms with van der Waals surface area (Å²) in [5, 5.41) is 2.45. The molecule has 0 saturated carbocycles. The summed E-state index contributed by atoms with van der Waals surface area (Å²) in [4.78, 5) is 26.2. The van der Waals surface area contributed by atoms with Gasteiger partial charge in [-0.2, -0.15) is 13.2 Å². The number of morpholine rings is 1. The first-order valence-corrected chi connectivity index (χ1v) is 8.24. The lowest BCUT2D eigenvalue weighted by Crippen LogP contribution is -2.54. The third-order valence-electron chi connectivity index (χ3n) is 4.15. The van der Waals surface area contributed by atoms with Crippen molar-refractivity contribution in [3.05, 3.63) is 65.7 Å². The van der Waals surface area contributed by atoms with Gasteiger partial charge in [0.2, 0.25) is 11.8 Å². The van der Waals surface area contributed by atoms with E-state index in [9.17, 15) is 22.8 Å². The summed E-state index contributed by atoms with van der Waals surface area (Å²) < 4.78 is 43.7. The fraction of sp³-hybridized carbons (Fsp3) is 0.263. The first-order chi connectivity index (χ1) is 12.8. The normalized spacial score (nSPS) is 17.7. The molecule has 3 rings (SSSR count). The van der Waals surface area contributed by atoms with Crippen LogP contribution in [0.1, 0.15) is 11.1 Å². The molecule has 0 spiro atoms. The van der Waals surface area contributed by atoms with Crippen molar-refractivity contribution in [2.24, 2.45) is 0 Å². The number of carbonyl (C=O) groups is 2. The Kier molecular flexibility index (Phi) is 5.46. The Labute approximate surface area is 153 Å². The lowest BCUT2D eigenvalue weighted by Gasteiger charge is -2.34. The number of hydrogen-bond donors (Lipinski definition) is 1. The van der Waals surface area contributed by atoms with Crippen LogP contribution in [-0.4, -0.2) is 36.0 Å². The molecule has 27 heavy (non-hydrogen) atoms. The third kappa shape index (κ3) is 4.65. The van der Waals surface area contributed by atoms with E-state index in [0.717, 1.165) is 17.7 Å². The maximum Gasteiger partial charge on any atom is 0.416 e. The molecule has 0 radical (unpaired) electrons. The van der Waals surface area contributed by atoms with E-state index in [0.29, 0.717) is 0 Å². The number of anilines is 1. The minimum absolute atomic E-state index is 0.00695. The van der Waals surface area contributed by atoms with Gasteiger partial charge in [-0.05, 0) is 23.8 Å². The van der Waals surface area contributed by atoms with Crippen LogP contribution in [0.15, 0.2) is 54.6 Å². The van der Waals surface area contributed by atoms with E-state index in [2.05, 4.69) is 5.32 Å². The molecule has 2 aromatic rings. The van der Waals surface area contributed by atoms with Gasteiger partial charge >= 0.3 is 6.18 Å². The van der Waals surface area contributed by atoms with Gasteiger partial charge in [-0.3, -0.25) is 9.59 Å². The van der Waals surface area contributed by atoms with E-state index >= 15 is 0 Å². The van der Waals surface area contributed by atoms with E-state index in [1.165, 1.54) is 17.0 Å². The van der Waals surface area contributed by atoms with Crippen molar-refractivity contribution in [1.29, 1.82) is 0 Å². The molecular weight excluding hydrogens is 361 g/mol. The van der Waals surface area contributed by atoms with E-state index in [4.69, 9.17) is 4.74 Å². The van der Waals surface area contributed by atoms with Crippen LogP contribution in [0.5, 0.6) is 0 Å². The summed E-state index contributed by atoms with van der Waals surface area (Å²) in [5.41, 5.74) is -0.0189. The highest BCUT2D eigenvalue weighted by Gasteiger charge is 2.35. The van der Waals surface area contributed by atoms with E-state index in [1.54, 1.807) is 0 Å². The molecule has 142 valence electrons. The van der Waals surface area contributed by atoms with E-state index < -0.39 is 23.7 Å². The molecule has 2 amide bonds. The zero-order valence-corrected chi connectivity index (χ0v) is 14.2. The number of amides is 2. The Morgan fingerprint density at radius 3 is 2.59 bits per heavy atom. The van der Waals surface area contributed by atoms with Crippen molar-refractivity contribution in [3.8, 4) is 0 Å². The number of nitrogens with zero attached hydrogens (tertiary/aromatic N) is 1. The topological polar surface area (TPSA) is 58.6 Å². The Morgan fingerprint density at radius 2 is 1.89 bits per heavy atom. The van der Waals surface area contributed by atoms with Crippen molar-refractivity contribution in [2.45, 2.75) is 18.8 Å². The highest BCUT2D eigenvalue weighted by atomic mass is 19.4. The van der Waals surface area contributed by atoms with Crippen molar-refractivity contribution in [2.75, 3.05) is 18.5 Å². The summed E-state index contributed by atoms with van der Waals surface area (Å²) in [7, 11) is 0. The van der Waals surface area contributed by atoms with Gasteiger partial charge in [-0.1, -0.05) is 36.4 Å². The first kappa shape index (κ1) is 18.9. The van der Waals surface area contributed by atoms with Gasteiger partial charge in [-0.25, -0.2) is 0 Å². The lowest BCUT2D eigenvalue weighted by atomic mass is 10.1. The molecule has 5 nitrogen and oxygen atoms in total. The van der Waals surface area contributed by atoms with Gasteiger partial charge in [0.1, 0.15) is 12.6 Å². The van der Waals surface area contributed by atoms with Crippen LogP contribution < -0.4 is 5.32 Å². The molecule has 1 heterocycles. The van der Waals surface area contributed by atoms with Crippen LogP contribution in [0, 0.1) is 0 Å². The molecule has 0 unspecified atom stereocenters. The summed E-state index contributed by atoms with van der Waals surface area (Å²) >= 11 is 0. The van der Waals surface area contributed by atoms with Gasteiger partial charge in [0, 0.05) is 12.2 Å². The molecule has 8 heteroatoms. The van der Waals surface area contributed by atoms with Crippen LogP contribution in [0.4, 0.5) is 18.9 Å². The molecule has 1 fully saturated rings. The van der Waals surface area contributed by atoms with Crippen molar-refractivity contribution in [3.63, 3.8) is 0 Å². The Balaban J connectivity index is 1.76. The van der Waals surface area contributed by atoms with Crippen LogP contribution in [0.2, 0.25) is 0 Å². The Hall–Kier alpha value is -2.87. The maximum absolute atomic E-state index is 12.8. The first-order valence-electron chi connectivity index (χ1n) is 8.24. The molecule has 1 saturated heterocycles. The molecule has 0 aliphatic carbocycles. The number of ether oxygens (including phenoxy) is 1. The summed E-state index contributed by atoms with van der Waals surface area (Å²) in [5.74, 6) is -0.951. The number of nitrogens with one attached hydrogen (secondary N) is 1. The average Bonchev–Trinajstić information content (AvgIpc) is 2.64. The molecule has 1 atom stereocenters. The zero-order valence-electron chi connectivity index (χ0n) is 14.2. The van der Waals surface area contributed by atoms with Crippen LogP contribution in [0.3, 0.4) is 0 Å². The highest BCUT2D eigenvalue weighted by molar-refractivity contribution is 5.98. The zero-order chi connectivity index (χ0) is 19.4. The molecule has 1 N–H and O–H groups in total. The standard InChI is InChI=1S/C19H17F3N2O3/c20-19(21,22)14-7-4-8-15(9-14)23-18(26)16-11-27-12-17(25)24(16)10-13-5-2-1-3-6-13/h1-9,16H,10-12H2,(H,23,26)/t16-/m0/s1. The number of benzene rings is 2. The summed E-state index contributed by atoms with van der Waals surface area (Å²) in [6.07, 6.45) is -4.51. The number of rotatable bonds is 4. The summed E-state index contributed by atoms with van der Waals surface area (Å²) in [6, 6.07) is 12.5. The van der Waals surface area contributed by atoms with Gasteiger partial charge in [0.15, 0.2) is 0 Å². The Bertz CT molecular complexity index is 824. The quantitative estimate of drug-likeness (QED) is 0.890. The minimum atomic E-state index is -4.51. The maximum atomic E-state index is 12.8. The molecule has 1 aliphatic rings. The molecular formula is C19H17F3N2O3. The van der Waals surface area contributed by atoms with Crippen LogP contribution in [0.25, 0.3) is 0 Å². The number of alkyl halides is 3. The van der Waals surface area contributed by atoms with Crippen molar-refractivity contribution >= 4 is 17.5 Å². The van der Waals surface area contributed by atoms with Crippen molar-refractivity contribution in [1.82, 2.24) is 4.90 Å². The number of halogens is 3. The second-order valence-corrected chi connectivity index (χ2v) is 6.11. The second-order valence-electron chi connectivity index (χ2n) is 6.11. The van der Waals surface area contributed by atoms with Gasteiger partial charge in [-0.15, -0.1) is 0 Å². The van der Waals surface area contributed by atoms with Crippen molar-refractivity contribution < 1.29 is 27.5 Å². The minimum Gasteiger partial charge on any atom is -0.369 e. The number of carbonyl (C=O) groups excluding carboxylic acids is 2. The van der Waals surface area contributed by atoms with Crippen LogP contribution >= 0.6 is 0 Å². The highest BCUT2D eigenvalue weighted by Crippen LogP contribution is 2.30. The number of hydrogen-bond acceptors (Lipinski definition) is 3. The SMILES string of the molecule is O=C(Nc1cccc(C(F)(F)F)c1)[C@@H]1COCC(=O)N1Cc1ccccc1. The summed E-state index contributed by atoms with van der Waals surface area (Å²) in [6.45, 7) is 0.0489. The second kappa shape index (κ2) is 7.79. The monoisotopic (exact) mass is 378 g/mol. The predicted octanol–water partition coefficient (Wildman–Crippen LogP) is 3.07. The Morgan fingerprint density at radius 1 is 1.15 bits per heavy atom. The third-order valence-corrected chi connectivity index (χ3v) is 4.15. The largest absolute Gasteiger partial charge is 0.416 e. The molecule has 0 aromatic heterocycles.